The van der Waals surface area contributed by atoms with Crippen molar-refractivity contribution >= 4 is 11.5 Å². The molecule has 3 aromatic rings. The van der Waals surface area contributed by atoms with Crippen LogP contribution in [0.1, 0.15) is 36.0 Å². The first-order chi connectivity index (χ1) is 14.2. The fourth-order valence-corrected chi connectivity index (χ4v) is 4.18. The monoisotopic (exact) mass is 387 g/mol. The summed E-state index contributed by atoms with van der Waals surface area (Å²) in [4.78, 5) is 13.5. The summed E-state index contributed by atoms with van der Waals surface area (Å²) in [5, 5.41) is 7.99. The Hall–Kier alpha value is -3.06. The van der Waals surface area contributed by atoms with Gasteiger partial charge in [-0.1, -0.05) is 13.0 Å². The number of hydrogen-bond acceptors (Lipinski definition) is 6. The summed E-state index contributed by atoms with van der Waals surface area (Å²) in [5.41, 5.74) is 13.2. The van der Waals surface area contributed by atoms with Crippen LogP contribution in [0.4, 0.5) is 5.95 Å². The second-order valence-corrected chi connectivity index (χ2v) is 7.81. The van der Waals surface area contributed by atoms with Crippen LogP contribution in [0.15, 0.2) is 36.8 Å². The topological polar surface area (TPSA) is 94.5 Å². The molecule has 0 amide bonds. The molecule has 1 fully saturated rings. The van der Waals surface area contributed by atoms with E-state index in [1.807, 2.05) is 18.5 Å². The van der Waals surface area contributed by atoms with Gasteiger partial charge in [0.2, 0.25) is 5.95 Å². The lowest BCUT2D eigenvalue weighted by Crippen LogP contribution is -2.14. The van der Waals surface area contributed by atoms with E-state index in [1.165, 1.54) is 6.42 Å². The van der Waals surface area contributed by atoms with Gasteiger partial charge in [0.1, 0.15) is 0 Å². The first-order valence-electron chi connectivity index (χ1n) is 10.3. The average Bonchev–Trinajstić information content (AvgIpc) is 3.48. The number of nitrogen functional groups attached to an aromatic ring is 1. The maximum Gasteiger partial charge on any atom is 0.220 e. The fourth-order valence-electron chi connectivity index (χ4n) is 4.18. The second kappa shape index (κ2) is 7.40. The summed E-state index contributed by atoms with van der Waals surface area (Å²) >= 11 is 0. The summed E-state index contributed by atoms with van der Waals surface area (Å²) < 4.78 is 2.05. The van der Waals surface area contributed by atoms with Gasteiger partial charge >= 0.3 is 0 Å². The first kappa shape index (κ1) is 18.0. The SMILES string of the molecule is CCc1cc(C2=CCc3ncc(-c4cnn(CC5CCNC5)c4)cc32)nc(N)n1. The Morgan fingerprint density at radius 3 is 2.97 bits per heavy atom. The van der Waals surface area contributed by atoms with Crippen LogP contribution < -0.4 is 11.1 Å². The number of nitrogens with zero attached hydrogens (tertiary/aromatic N) is 5. The van der Waals surface area contributed by atoms with Crippen molar-refractivity contribution in [2.24, 2.45) is 5.92 Å². The molecule has 0 spiro atoms. The van der Waals surface area contributed by atoms with Gasteiger partial charge in [-0.25, -0.2) is 9.97 Å². The van der Waals surface area contributed by atoms with Gasteiger partial charge < -0.3 is 11.1 Å². The molecule has 1 unspecified atom stereocenters. The quantitative estimate of drug-likeness (QED) is 0.698. The molecule has 0 saturated carbocycles. The minimum absolute atomic E-state index is 0.320. The molecular formula is C22H25N7. The molecule has 7 nitrogen and oxygen atoms in total. The van der Waals surface area contributed by atoms with Crippen molar-refractivity contribution in [1.82, 2.24) is 30.0 Å². The van der Waals surface area contributed by atoms with Crippen molar-refractivity contribution in [3.8, 4) is 11.1 Å². The van der Waals surface area contributed by atoms with E-state index >= 15 is 0 Å². The molecular weight excluding hydrogens is 362 g/mol. The van der Waals surface area contributed by atoms with Crippen LogP contribution in [0, 0.1) is 5.92 Å². The van der Waals surface area contributed by atoms with Crippen molar-refractivity contribution in [3.63, 3.8) is 0 Å². The third kappa shape index (κ3) is 3.53. The summed E-state index contributed by atoms with van der Waals surface area (Å²) in [6.45, 7) is 5.21. The third-order valence-electron chi connectivity index (χ3n) is 5.77. The largest absolute Gasteiger partial charge is 0.368 e. The van der Waals surface area contributed by atoms with Gasteiger partial charge in [0, 0.05) is 53.3 Å². The Bertz CT molecular complexity index is 1080. The lowest BCUT2D eigenvalue weighted by atomic mass is 10.0. The van der Waals surface area contributed by atoms with E-state index in [0.717, 1.165) is 71.8 Å². The molecule has 0 radical (unpaired) electrons. The van der Waals surface area contributed by atoms with Crippen molar-refractivity contribution in [1.29, 1.82) is 0 Å². The van der Waals surface area contributed by atoms with Crippen LogP contribution in [0.5, 0.6) is 0 Å². The highest BCUT2D eigenvalue weighted by Crippen LogP contribution is 2.34. The zero-order chi connectivity index (χ0) is 19.8. The molecule has 2 aliphatic rings. The van der Waals surface area contributed by atoms with E-state index in [2.05, 4.69) is 50.3 Å². The Kier molecular flexibility index (Phi) is 4.60. The minimum Gasteiger partial charge on any atom is -0.368 e. The van der Waals surface area contributed by atoms with Gasteiger partial charge in [0.05, 0.1) is 17.6 Å². The lowest BCUT2D eigenvalue weighted by Gasteiger charge is -2.09. The Morgan fingerprint density at radius 1 is 1.21 bits per heavy atom. The zero-order valence-electron chi connectivity index (χ0n) is 16.6. The lowest BCUT2D eigenvalue weighted by molar-refractivity contribution is 0.449. The number of nitrogens with two attached hydrogens (primary N) is 1. The number of nitrogens with one attached hydrogen (secondary N) is 1. The summed E-state index contributed by atoms with van der Waals surface area (Å²) in [6.07, 6.45) is 11.0. The molecule has 0 aromatic carbocycles. The Morgan fingerprint density at radius 2 is 2.14 bits per heavy atom. The summed E-state index contributed by atoms with van der Waals surface area (Å²) in [5.74, 6) is 0.979. The predicted molar refractivity (Wildman–Crippen MR) is 113 cm³/mol. The normalized spacial score (nSPS) is 18.1. The molecule has 7 heteroatoms. The van der Waals surface area contributed by atoms with Crippen molar-refractivity contribution < 1.29 is 0 Å². The molecule has 5 rings (SSSR count). The molecule has 29 heavy (non-hydrogen) atoms. The van der Waals surface area contributed by atoms with Gasteiger partial charge in [0.25, 0.3) is 0 Å². The highest BCUT2D eigenvalue weighted by atomic mass is 15.3. The van der Waals surface area contributed by atoms with Gasteiger partial charge in [-0.2, -0.15) is 5.10 Å². The number of anilines is 1. The predicted octanol–water partition coefficient (Wildman–Crippen LogP) is 2.48. The first-order valence-corrected chi connectivity index (χ1v) is 10.3. The Balaban J connectivity index is 1.44. The maximum atomic E-state index is 5.93. The molecule has 1 atom stereocenters. The highest BCUT2D eigenvalue weighted by Gasteiger charge is 2.21. The third-order valence-corrected chi connectivity index (χ3v) is 5.77. The fraction of sp³-hybridized carbons (Fsp3) is 0.364. The standard InChI is InChI=1S/C22H25N7/c1-2-17-8-21(28-22(23)27-17)18-3-4-20-19(18)7-15(10-25-20)16-11-26-29(13-16)12-14-5-6-24-9-14/h3,7-8,10-11,13-14,24H,2,4-6,9,12H2,1H3,(H2,23,27,28). The molecule has 1 saturated heterocycles. The van der Waals surface area contributed by atoms with E-state index in [-0.39, 0.29) is 0 Å². The number of aromatic nitrogens is 5. The van der Waals surface area contributed by atoms with E-state index in [0.29, 0.717) is 11.9 Å². The van der Waals surface area contributed by atoms with Crippen LogP contribution >= 0.6 is 0 Å². The highest BCUT2D eigenvalue weighted by molar-refractivity contribution is 5.84. The molecule has 1 aliphatic carbocycles. The van der Waals surface area contributed by atoms with Crippen LogP contribution in [-0.4, -0.2) is 37.8 Å². The molecule has 0 bridgehead atoms. The van der Waals surface area contributed by atoms with Crippen LogP contribution in [0.3, 0.4) is 0 Å². The Labute approximate surface area is 170 Å². The van der Waals surface area contributed by atoms with E-state index in [1.54, 1.807) is 0 Å². The number of pyridine rings is 1. The molecule has 4 heterocycles. The number of allylic oxidation sites excluding steroid dienone is 1. The van der Waals surface area contributed by atoms with Crippen LogP contribution in [0.25, 0.3) is 16.7 Å². The van der Waals surface area contributed by atoms with Gasteiger partial charge in [-0.05, 0) is 44.0 Å². The van der Waals surface area contributed by atoms with E-state index in [9.17, 15) is 0 Å². The van der Waals surface area contributed by atoms with Gasteiger partial charge in [-0.3, -0.25) is 9.67 Å². The zero-order valence-corrected chi connectivity index (χ0v) is 16.6. The number of aryl methyl sites for hydroxylation is 1. The number of hydrogen-bond donors (Lipinski definition) is 2. The average molecular weight is 387 g/mol. The van der Waals surface area contributed by atoms with Gasteiger partial charge in [0.15, 0.2) is 0 Å². The van der Waals surface area contributed by atoms with Crippen molar-refractivity contribution in [3.05, 3.63) is 59.4 Å². The molecule has 3 N–H and O–H groups in total. The van der Waals surface area contributed by atoms with Crippen molar-refractivity contribution in [2.45, 2.75) is 32.7 Å². The van der Waals surface area contributed by atoms with Crippen LogP contribution in [-0.2, 0) is 19.4 Å². The molecule has 3 aromatic heterocycles. The van der Waals surface area contributed by atoms with Gasteiger partial charge in [-0.15, -0.1) is 0 Å². The smallest absolute Gasteiger partial charge is 0.220 e. The van der Waals surface area contributed by atoms with Crippen molar-refractivity contribution in [2.75, 3.05) is 18.8 Å². The number of rotatable bonds is 5. The maximum absolute atomic E-state index is 5.93. The summed E-state index contributed by atoms with van der Waals surface area (Å²) in [7, 11) is 0. The number of fused-ring (bicyclic) bond motifs is 1. The van der Waals surface area contributed by atoms with E-state index in [4.69, 9.17) is 10.7 Å². The molecule has 148 valence electrons. The van der Waals surface area contributed by atoms with E-state index < -0.39 is 0 Å². The second-order valence-electron chi connectivity index (χ2n) is 7.81. The summed E-state index contributed by atoms with van der Waals surface area (Å²) in [6, 6.07) is 4.22. The molecule has 1 aliphatic heterocycles. The minimum atomic E-state index is 0.320. The van der Waals surface area contributed by atoms with Crippen LogP contribution in [0.2, 0.25) is 0 Å².